The molecule has 1 amide bonds. The van der Waals surface area contributed by atoms with Crippen LogP contribution in [0.4, 0.5) is 5.82 Å². The minimum Gasteiger partial charge on any atom is -0.453 e. The summed E-state index contributed by atoms with van der Waals surface area (Å²) in [6, 6.07) is 11.5. The van der Waals surface area contributed by atoms with Crippen LogP contribution in [0.5, 0.6) is 11.5 Å². The second-order valence-electron chi connectivity index (χ2n) is 6.45. The smallest absolute Gasteiger partial charge is 0.263 e. The number of thiophene rings is 1. The molecule has 0 radical (unpaired) electrons. The van der Waals surface area contributed by atoms with Crippen LogP contribution in [0.3, 0.4) is 0 Å². The van der Waals surface area contributed by atoms with Crippen LogP contribution in [0.15, 0.2) is 58.9 Å². The summed E-state index contributed by atoms with van der Waals surface area (Å²) in [4.78, 5) is 19.9. The molecular weight excluding hydrogens is 410 g/mol. The van der Waals surface area contributed by atoms with Gasteiger partial charge in [-0.1, -0.05) is 13.0 Å². The summed E-state index contributed by atoms with van der Waals surface area (Å²) in [5.74, 6) is 0.852. The number of pyridine rings is 1. The van der Waals surface area contributed by atoms with Crippen molar-refractivity contribution in [1.82, 2.24) is 9.71 Å². The first-order valence-corrected chi connectivity index (χ1v) is 11.5. The maximum atomic E-state index is 13.2. The van der Waals surface area contributed by atoms with Crippen molar-refractivity contribution in [3.8, 4) is 11.5 Å². The maximum absolute atomic E-state index is 13.2. The number of fused-ring (bicyclic) bond motifs is 2. The van der Waals surface area contributed by atoms with Gasteiger partial charge in [-0.05, 0) is 48.2 Å². The van der Waals surface area contributed by atoms with Crippen LogP contribution in [0.2, 0.25) is 0 Å². The molecule has 0 atom stereocenters. The van der Waals surface area contributed by atoms with Crippen LogP contribution >= 0.6 is 11.3 Å². The molecule has 9 heteroatoms. The lowest BCUT2D eigenvalue weighted by atomic mass is 10.1. The Morgan fingerprint density at radius 2 is 2.03 bits per heavy atom. The number of nitrogens with one attached hydrogen (secondary N) is 1. The van der Waals surface area contributed by atoms with E-state index >= 15 is 0 Å². The van der Waals surface area contributed by atoms with E-state index in [4.69, 9.17) is 4.74 Å². The molecule has 0 aliphatic carbocycles. The van der Waals surface area contributed by atoms with E-state index in [0.29, 0.717) is 23.9 Å². The van der Waals surface area contributed by atoms with Crippen molar-refractivity contribution in [2.75, 3.05) is 11.4 Å². The van der Waals surface area contributed by atoms with Crippen LogP contribution in [-0.2, 0) is 16.6 Å². The Morgan fingerprint density at radius 3 is 2.79 bits per heavy atom. The van der Waals surface area contributed by atoms with Crippen LogP contribution < -0.4 is 14.4 Å². The molecule has 1 aromatic carbocycles. The number of aromatic nitrogens is 1. The molecule has 0 fully saturated rings. The third-order valence-electron chi connectivity index (χ3n) is 4.43. The number of ether oxygens (including phenoxy) is 1. The standard InChI is InChI=1S/C20H19N3O4S2/c1-2-10-23-19-18(6-3-9-21-19)27-17-8-7-15(12-16(17)20(23)24)29(25,26)22-13-14-5-4-11-28-14/h3-9,11-12,22H,2,10,13H2,1H3. The lowest BCUT2D eigenvalue weighted by Crippen LogP contribution is -2.32. The molecule has 4 rings (SSSR count). The van der Waals surface area contributed by atoms with Crippen molar-refractivity contribution in [1.29, 1.82) is 0 Å². The topological polar surface area (TPSA) is 88.6 Å². The summed E-state index contributed by atoms with van der Waals surface area (Å²) in [6.07, 6.45) is 2.32. The van der Waals surface area contributed by atoms with Crippen LogP contribution in [0.1, 0.15) is 28.6 Å². The molecule has 2 aromatic heterocycles. The van der Waals surface area contributed by atoms with Crippen molar-refractivity contribution in [2.24, 2.45) is 0 Å². The van der Waals surface area contributed by atoms with E-state index in [1.807, 2.05) is 24.4 Å². The first kappa shape index (κ1) is 19.6. The van der Waals surface area contributed by atoms with E-state index in [1.165, 1.54) is 34.4 Å². The van der Waals surface area contributed by atoms with Crippen molar-refractivity contribution < 1.29 is 17.9 Å². The zero-order valence-corrected chi connectivity index (χ0v) is 17.3. The molecule has 0 spiro atoms. The number of hydrogen-bond donors (Lipinski definition) is 1. The fraction of sp³-hybridized carbons (Fsp3) is 0.200. The highest BCUT2D eigenvalue weighted by molar-refractivity contribution is 7.89. The molecular formula is C20H19N3O4S2. The first-order chi connectivity index (χ1) is 14.0. The average Bonchev–Trinajstić information content (AvgIpc) is 3.21. The fourth-order valence-corrected chi connectivity index (χ4v) is 4.82. The highest BCUT2D eigenvalue weighted by Gasteiger charge is 2.30. The molecule has 7 nitrogen and oxygen atoms in total. The normalized spacial score (nSPS) is 13.4. The van der Waals surface area contributed by atoms with Crippen LogP contribution in [-0.4, -0.2) is 25.9 Å². The van der Waals surface area contributed by atoms with E-state index < -0.39 is 10.0 Å². The molecule has 29 heavy (non-hydrogen) atoms. The second-order valence-corrected chi connectivity index (χ2v) is 9.25. The van der Waals surface area contributed by atoms with Crippen molar-refractivity contribution >= 4 is 33.1 Å². The molecule has 1 N–H and O–H groups in total. The molecule has 0 saturated heterocycles. The lowest BCUT2D eigenvalue weighted by molar-refractivity contribution is 0.0986. The number of rotatable bonds is 6. The molecule has 1 aliphatic rings. The van der Waals surface area contributed by atoms with E-state index in [1.54, 1.807) is 18.3 Å². The first-order valence-electron chi connectivity index (χ1n) is 9.10. The predicted octanol–water partition coefficient (Wildman–Crippen LogP) is 3.78. The zero-order chi connectivity index (χ0) is 20.4. The summed E-state index contributed by atoms with van der Waals surface area (Å²) in [6.45, 7) is 2.59. The highest BCUT2D eigenvalue weighted by Crippen LogP contribution is 2.38. The number of benzene rings is 1. The third-order valence-corrected chi connectivity index (χ3v) is 6.70. The van der Waals surface area contributed by atoms with Gasteiger partial charge in [0.05, 0.1) is 10.5 Å². The molecule has 0 unspecified atom stereocenters. The van der Waals surface area contributed by atoms with E-state index in [-0.39, 0.29) is 22.9 Å². The Bertz CT molecular complexity index is 1140. The quantitative estimate of drug-likeness (QED) is 0.644. The zero-order valence-electron chi connectivity index (χ0n) is 15.7. The van der Waals surface area contributed by atoms with Gasteiger partial charge in [0.15, 0.2) is 11.6 Å². The Kier molecular flexibility index (Phi) is 5.35. The average molecular weight is 430 g/mol. The summed E-state index contributed by atoms with van der Waals surface area (Å²) >= 11 is 1.47. The Balaban J connectivity index is 1.70. The minimum atomic E-state index is -3.79. The van der Waals surface area contributed by atoms with Crippen molar-refractivity contribution in [2.45, 2.75) is 24.8 Å². The van der Waals surface area contributed by atoms with Crippen molar-refractivity contribution in [3.63, 3.8) is 0 Å². The minimum absolute atomic E-state index is 0.0140. The van der Waals surface area contributed by atoms with E-state index in [2.05, 4.69) is 9.71 Å². The molecule has 1 aliphatic heterocycles. The molecule has 0 saturated carbocycles. The SMILES string of the molecule is CCCN1C(=O)c2cc(S(=O)(=O)NCc3cccs3)ccc2Oc2cccnc21. The van der Waals surface area contributed by atoms with Gasteiger partial charge in [-0.25, -0.2) is 18.1 Å². The van der Waals surface area contributed by atoms with Gasteiger partial charge in [-0.2, -0.15) is 0 Å². The highest BCUT2D eigenvalue weighted by atomic mass is 32.2. The van der Waals surface area contributed by atoms with Gasteiger partial charge in [0.25, 0.3) is 5.91 Å². The number of carbonyl (C=O) groups is 1. The number of hydrogen-bond acceptors (Lipinski definition) is 6. The Hall–Kier alpha value is -2.75. The van der Waals surface area contributed by atoms with Gasteiger partial charge in [0.2, 0.25) is 10.0 Å². The van der Waals surface area contributed by atoms with Gasteiger partial charge in [0, 0.05) is 24.2 Å². The molecule has 3 aromatic rings. The summed E-state index contributed by atoms with van der Waals surface area (Å²) in [7, 11) is -3.79. The number of amides is 1. The monoisotopic (exact) mass is 429 g/mol. The van der Waals surface area contributed by atoms with Crippen LogP contribution in [0.25, 0.3) is 0 Å². The maximum Gasteiger partial charge on any atom is 0.263 e. The summed E-state index contributed by atoms with van der Waals surface area (Å²) < 4.78 is 34.0. The third kappa shape index (κ3) is 3.89. The van der Waals surface area contributed by atoms with E-state index in [9.17, 15) is 13.2 Å². The second kappa shape index (κ2) is 7.94. The Labute approximate surface area is 173 Å². The molecule has 150 valence electrons. The van der Waals surface area contributed by atoms with Gasteiger partial charge < -0.3 is 4.74 Å². The largest absolute Gasteiger partial charge is 0.453 e. The van der Waals surface area contributed by atoms with Gasteiger partial charge in [0.1, 0.15) is 5.75 Å². The van der Waals surface area contributed by atoms with Gasteiger partial charge >= 0.3 is 0 Å². The summed E-state index contributed by atoms with van der Waals surface area (Å²) in [5.41, 5.74) is 0.190. The van der Waals surface area contributed by atoms with E-state index in [0.717, 1.165) is 11.3 Å². The number of carbonyl (C=O) groups excluding carboxylic acids is 1. The van der Waals surface area contributed by atoms with Gasteiger partial charge in [-0.15, -0.1) is 11.3 Å². The predicted molar refractivity (Wildman–Crippen MR) is 111 cm³/mol. The number of anilines is 1. The van der Waals surface area contributed by atoms with Crippen LogP contribution in [0, 0.1) is 0 Å². The number of nitrogens with zero attached hydrogens (tertiary/aromatic N) is 2. The van der Waals surface area contributed by atoms with Gasteiger partial charge in [-0.3, -0.25) is 9.69 Å². The number of sulfonamides is 1. The molecule has 0 bridgehead atoms. The lowest BCUT2D eigenvalue weighted by Gasteiger charge is -2.19. The summed E-state index contributed by atoms with van der Waals surface area (Å²) in [5, 5.41) is 1.88. The van der Waals surface area contributed by atoms with Crippen molar-refractivity contribution in [3.05, 3.63) is 64.5 Å². The molecule has 3 heterocycles. The Morgan fingerprint density at radius 1 is 1.17 bits per heavy atom. The fourth-order valence-electron chi connectivity index (χ4n) is 3.05.